The van der Waals surface area contributed by atoms with Gasteiger partial charge in [0.2, 0.25) is 10.0 Å². The number of nitro benzene ring substituents is 1. The number of fused-ring (bicyclic) bond motifs is 1. The second kappa shape index (κ2) is 10.6. The van der Waals surface area contributed by atoms with Gasteiger partial charge >= 0.3 is 0 Å². The van der Waals surface area contributed by atoms with E-state index in [0.717, 1.165) is 17.9 Å². The molecule has 0 atom stereocenters. The SMILES string of the molecule is Cc1cc([N+](=O)[O-])cc(S(=O)(=O)N2CCc3cccnc3C2)c1N(CCBr)CCOS(C)(=O)=O. The van der Waals surface area contributed by atoms with Gasteiger partial charge in [0, 0.05) is 43.3 Å². The average Bonchev–Trinajstić information content (AvgIpc) is 2.76. The van der Waals surface area contributed by atoms with Gasteiger partial charge in [-0.15, -0.1) is 0 Å². The van der Waals surface area contributed by atoms with Crippen LogP contribution in [-0.2, 0) is 37.3 Å². The fourth-order valence-electron chi connectivity index (χ4n) is 3.85. The van der Waals surface area contributed by atoms with Crippen molar-refractivity contribution in [2.75, 3.05) is 42.7 Å². The highest BCUT2D eigenvalue weighted by Crippen LogP contribution is 2.36. The van der Waals surface area contributed by atoms with E-state index in [1.165, 1.54) is 10.4 Å². The first-order valence-corrected chi connectivity index (χ1v) is 14.7. The van der Waals surface area contributed by atoms with Crippen molar-refractivity contribution in [1.82, 2.24) is 9.29 Å². The molecule has 0 amide bonds. The summed E-state index contributed by atoms with van der Waals surface area (Å²) in [6.45, 7) is 2.02. The summed E-state index contributed by atoms with van der Waals surface area (Å²) in [5.41, 5.74) is 1.90. The van der Waals surface area contributed by atoms with E-state index in [2.05, 4.69) is 20.9 Å². The quantitative estimate of drug-likeness (QED) is 0.180. The minimum atomic E-state index is -4.16. The molecule has 1 aliphatic heterocycles. The minimum absolute atomic E-state index is 0.0509. The third-order valence-corrected chi connectivity index (χ3v) is 8.16. The van der Waals surface area contributed by atoms with Gasteiger partial charge in [-0.25, -0.2) is 8.42 Å². The normalized spacial score (nSPS) is 14.6. The van der Waals surface area contributed by atoms with Crippen molar-refractivity contribution in [3.63, 3.8) is 0 Å². The van der Waals surface area contributed by atoms with E-state index in [1.54, 1.807) is 24.1 Å². The van der Waals surface area contributed by atoms with Crippen molar-refractivity contribution in [2.24, 2.45) is 0 Å². The number of aromatic nitrogens is 1. The van der Waals surface area contributed by atoms with Gasteiger partial charge < -0.3 is 4.90 Å². The lowest BCUT2D eigenvalue weighted by Gasteiger charge is -2.31. The Bertz CT molecular complexity index is 1290. The third kappa shape index (κ3) is 6.10. The van der Waals surface area contributed by atoms with Crippen molar-refractivity contribution in [3.05, 3.63) is 57.4 Å². The lowest BCUT2D eigenvalue weighted by Crippen LogP contribution is -2.38. The number of aryl methyl sites for hydroxylation is 1. The Morgan fingerprint density at radius 3 is 2.65 bits per heavy atom. The summed E-state index contributed by atoms with van der Waals surface area (Å²) in [5, 5.41) is 12.0. The molecule has 3 rings (SSSR count). The highest BCUT2D eigenvalue weighted by Gasteiger charge is 2.34. The van der Waals surface area contributed by atoms with Crippen molar-refractivity contribution < 1.29 is 25.9 Å². The number of non-ortho nitro benzene ring substituents is 1. The van der Waals surface area contributed by atoms with Crippen molar-refractivity contribution >= 4 is 47.4 Å². The zero-order valence-electron chi connectivity index (χ0n) is 18.7. The molecule has 186 valence electrons. The van der Waals surface area contributed by atoms with Gasteiger partial charge in [0.05, 0.1) is 35.7 Å². The maximum absolute atomic E-state index is 13.8. The fourth-order valence-corrected chi connectivity index (χ4v) is 6.36. The van der Waals surface area contributed by atoms with E-state index in [1.807, 2.05) is 6.07 Å². The molecule has 1 aromatic carbocycles. The molecule has 0 N–H and O–H groups in total. The van der Waals surface area contributed by atoms with Crippen LogP contribution in [0, 0.1) is 17.0 Å². The van der Waals surface area contributed by atoms with Crippen LogP contribution < -0.4 is 4.90 Å². The van der Waals surface area contributed by atoms with Crippen LogP contribution in [-0.4, -0.2) is 68.9 Å². The Morgan fingerprint density at radius 2 is 2.00 bits per heavy atom. The van der Waals surface area contributed by atoms with E-state index in [-0.39, 0.29) is 42.5 Å². The highest BCUT2D eigenvalue weighted by atomic mass is 79.9. The molecule has 1 aromatic heterocycles. The van der Waals surface area contributed by atoms with Crippen LogP contribution in [0.3, 0.4) is 0 Å². The summed E-state index contributed by atoms with van der Waals surface area (Å²) in [6.07, 6.45) is 2.99. The van der Waals surface area contributed by atoms with Gasteiger partial charge in [0.25, 0.3) is 15.8 Å². The molecule has 14 heteroatoms. The van der Waals surface area contributed by atoms with Crippen LogP contribution in [0.5, 0.6) is 0 Å². The summed E-state index contributed by atoms with van der Waals surface area (Å²) < 4.78 is 56.5. The summed E-state index contributed by atoms with van der Waals surface area (Å²) in [5.74, 6) is 0. The molecular weight excluding hydrogens is 552 g/mol. The summed E-state index contributed by atoms with van der Waals surface area (Å²) in [6, 6.07) is 6.06. The third-order valence-electron chi connectivity index (χ3n) is 5.35. The predicted molar refractivity (Wildman–Crippen MR) is 130 cm³/mol. The van der Waals surface area contributed by atoms with E-state index in [4.69, 9.17) is 4.18 Å². The molecule has 0 unspecified atom stereocenters. The molecule has 2 aromatic rings. The number of anilines is 1. The zero-order chi connectivity index (χ0) is 25.1. The van der Waals surface area contributed by atoms with E-state index in [9.17, 15) is 26.9 Å². The van der Waals surface area contributed by atoms with Gasteiger partial charge in [-0.3, -0.25) is 19.3 Å². The summed E-state index contributed by atoms with van der Waals surface area (Å²) >= 11 is 3.33. The van der Waals surface area contributed by atoms with Crippen LogP contribution in [0.15, 0.2) is 35.4 Å². The smallest absolute Gasteiger partial charge is 0.271 e. The van der Waals surface area contributed by atoms with Crippen LogP contribution in [0.2, 0.25) is 0 Å². The number of alkyl halides is 1. The fraction of sp³-hybridized carbons (Fsp3) is 0.450. The number of hydrogen-bond acceptors (Lipinski definition) is 9. The van der Waals surface area contributed by atoms with Gasteiger partial charge in [-0.05, 0) is 30.5 Å². The van der Waals surface area contributed by atoms with Crippen LogP contribution in [0.1, 0.15) is 16.8 Å². The Labute approximate surface area is 207 Å². The van der Waals surface area contributed by atoms with E-state index < -0.39 is 25.1 Å². The molecule has 0 aliphatic carbocycles. The van der Waals surface area contributed by atoms with Gasteiger partial charge in [0.1, 0.15) is 4.90 Å². The van der Waals surface area contributed by atoms with E-state index in [0.29, 0.717) is 29.6 Å². The number of hydrogen-bond donors (Lipinski definition) is 0. The molecule has 0 spiro atoms. The first-order chi connectivity index (χ1) is 15.9. The van der Waals surface area contributed by atoms with Crippen molar-refractivity contribution in [3.8, 4) is 0 Å². The Kier molecular flexibility index (Phi) is 8.29. The van der Waals surface area contributed by atoms with Crippen molar-refractivity contribution in [2.45, 2.75) is 24.8 Å². The maximum atomic E-state index is 13.8. The Hall–Kier alpha value is -2.13. The number of rotatable bonds is 10. The van der Waals surface area contributed by atoms with Crippen LogP contribution in [0.4, 0.5) is 11.4 Å². The second-order valence-electron chi connectivity index (χ2n) is 7.77. The topological polar surface area (TPSA) is 140 Å². The first-order valence-electron chi connectivity index (χ1n) is 10.3. The largest absolute Gasteiger partial charge is 0.367 e. The molecule has 2 heterocycles. The summed E-state index contributed by atoms with van der Waals surface area (Å²) in [7, 11) is -7.85. The highest BCUT2D eigenvalue weighted by molar-refractivity contribution is 9.09. The first kappa shape index (κ1) is 26.5. The lowest BCUT2D eigenvalue weighted by atomic mass is 10.1. The molecule has 34 heavy (non-hydrogen) atoms. The Morgan fingerprint density at radius 1 is 1.26 bits per heavy atom. The van der Waals surface area contributed by atoms with Gasteiger partial charge in [0.15, 0.2) is 0 Å². The predicted octanol–water partition coefficient (Wildman–Crippen LogP) is 2.22. The molecule has 0 radical (unpaired) electrons. The molecule has 0 bridgehead atoms. The minimum Gasteiger partial charge on any atom is -0.367 e. The zero-order valence-corrected chi connectivity index (χ0v) is 21.9. The standard InChI is InChI=1S/C20H25BrN4O7S2/c1-15-12-17(25(26)27)13-19(20(15)23(9-6-21)10-11-32-33(2,28)29)34(30,31)24-8-5-16-4-3-7-22-18(16)14-24/h3-4,7,12-13H,5-6,8-11,14H2,1-2H3. The van der Waals surface area contributed by atoms with Crippen LogP contribution >= 0.6 is 15.9 Å². The monoisotopic (exact) mass is 576 g/mol. The Balaban J connectivity index is 2.08. The van der Waals surface area contributed by atoms with Gasteiger partial charge in [-0.2, -0.15) is 12.7 Å². The molecule has 0 saturated heterocycles. The summed E-state index contributed by atoms with van der Waals surface area (Å²) in [4.78, 5) is 16.6. The van der Waals surface area contributed by atoms with Crippen LogP contribution in [0.25, 0.3) is 0 Å². The molecular formula is C20H25BrN4O7S2. The van der Waals surface area contributed by atoms with Crippen molar-refractivity contribution in [1.29, 1.82) is 0 Å². The number of benzene rings is 1. The lowest BCUT2D eigenvalue weighted by molar-refractivity contribution is -0.385. The number of pyridine rings is 1. The maximum Gasteiger partial charge on any atom is 0.271 e. The number of halogens is 1. The van der Waals surface area contributed by atoms with E-state index >= 15 is 0 Å². The molecule has 1 aliphatic rings. The second-order valence-corrected chi connectivity index (χ2v) is 12.1. The van der Waals surface area contributed by atoms with Gasteiger partial charge in [-0.1, -0.05) is 22.0 Å². The number of sulfonamides is 1. The number of nitro groups is 1. The molecule has 0 fully saturated rings. The average molecular weight is 577 g/mol. The number of nitrogens with zero attached hydrogens (tertiary/aromatic N) is 4. The molecule has 0 saturated carbocycles. The molecule has 11 nitrogen and oxygen atoms in total.